The van der Waals surface area contributed by atoms with Crippen LogP contribution in [0.15, 0.2) is 18.2 Å². The number of benzene rings is 1. The fraction of sp³-hybridized carbons (Fsp3) is 0.588. The number of hydrogen-bond donors (Lipinski definition) is 2. The molecule has 0 aromatic heterocycles. The number of carbonyl (C=O) groups is 1. The minimum atomic E-state index is -4.44. The first-order valence-electron chi connectivity index (χ1n) is 7.39. The van der Waals surface area contributed by atoms with Crippen molar-refractivity contribution >= 4 is 13.4 Å². The Balaban J connectivity index is 3.49. The Labute approximate surface area is 133 Å². The van der Waals surface area contributed by atoms with E-state index in [0.29, 0.717) is 5.56 Å². The smallest absolute Gasteiger partial charge is 0.324 e. The molecule has 0 radical (unpaired) electrons. The lowest BCUT2D eigenvalue weighted by atomic mass is 9.79. The molecule has 4 nitrogen and oxygen atoms in total. The first-order chi connectivity index (χ1) is 9.64. The van der Waals surface area contributed by atoms with Gasteiger partial charge in [0.25, 0.3) is 0 Å². The molecule has 2 N–H and O–H groups in total. The molecule has 0 spiro atoms. The fourth-order valence-electron chi connectivity index (χ4n) is 2.03. The average molecular weight is 326 g/mol. The van der Waals surface area contributed by atoms with E-state index < -0.39 is 19.0 Å². The summed E-state index contributed by atoms with van der Waals surface area (Å²) >= 11 is 0. The second kappa shape index (κ2) is 5.92. The van der Waals surface area contributed by atoms with Crippen molar-refractivity contribution in [1.29, 1.82) is 0 Å². The molecule has 0 saturated heterocycles. The van der Waals surface area contributed by atoms with Crippen molar-refractivity contribution in [3.8, 4) is 0 Å². The third kappa shape index (κ3) is 4.52. The molecule has 1 rings (SSSR count). The standard InChI is InChI=1S/C17H27O4P/c1-11(22(19,20)21)15(18)12-8-13(16(2,3)4)10-14(9-12)17(5,6)7/h8-11H,1-7H3,(H2,19,20,21). The Kier molecular flexibility index (Phi) is 5.13. The zero-order valence-corrected chi connectivity index (χ0v) is 15.4. The lowest BCUT2D eigenvalue weighted by Gasteiger charge is -2.26. The normalized spacial score (nSPS) is 14.8. The van der Waals surface area contributed by atoms with Crippen LogP contribution in [-0.4, -0.2) is 21.2 Å². The van der Waals surface area contributed by atoms with Crippen molar-refractivity contribution in [1.82, 2.24) is 0 Å². The first kappa shape index (κ1) is 19.1. The minimum Gasteiger partial charge on any atom is -0.324 e. The van der Waals surface area contributed by atoms with E-state index in [0.717, 1.165) is 11.1 Å². The highest BCUT2D eigenvalue weighted by molar-refractivity contribution is 7.53. The Bertz CT molecular complexity index is 582. The Morgan fingerprint density at radius 1 is 0.955 bits per heavy atom. The summed E-state index contributed by atoms with van der Waals surface area (Å²) < 4.78 is 11.4. The van der Waals surface area contributed by atoms with Crippen LogP contribution in [-0.2, 0) is 15.4 Å². The second-order valence-corrected chi connectivity index (χ2v) is 9.88. The van der Waals surface area contributed by atoms with Crippen LogP contribution in [0.1, 0.15) is 70.0 Å². The molecule has 1 atom stereocenters. The van der Waals surface area contributed by atoms with Gasteiger partial charge in [-0.1, -0.05) is 47.6 Å². The molecule has 1 aromatic rings. The molecule has 0 heterocycles. The minimum absolute atomic E-state index is 0.151. The van der Waals surface area contributed by atoms with Gasteiger partial charge in [-0.3, -0.25) is 9.36 Å². The maximum absolute atomic E-state index is 12.5. The molecule has 5 heteroatoms. The summed E-state index contributed by atoms with van der Waals surface area (Å²) in [5.74, 6) is -0.509. The van der Waals surface area contributed by atoms with Crippen LogP contribution in [0.5, 0.6) is 0 Å². The maximum Gasteiger partial charge on any atom is 0.336 e. The lowest BCUT2D eigenvalue weighted by Crippen LogP contribution is -2.22. The van der Waals surface area contributed by atoms with Crippen molar-refractivity contribution in [3.05, 3.63) is 34.9 Å². The molecule has 0 saturated carbocycles. The van der Waals surface area contributed by atoms with Crippen LogP contribution in [0.2, 0.25) is 0 Å². The molecule has 0 bridgehead atoms. The van der Waals surface area contributed by atoms with E-state index in [2.05, 4.69) is 47.6 Å². The van der Waals surface area contributed by atoms with Gasteiger partial charge in [0.2, 0.25) is 0 Å². The van der Waals surface area contributed by atoms with Crippen LogP contribution < -0.4 is 0 Å². The highest BCUT2D eigenvalue weighted by Crippen LogP contribution is 2.43. The monoisotopic (exact) mass is 326 g/mol. The number of ketones is 1. The van der Waals surface area contributed by atoms with Gasteiger partial charge in [-0.25, -0.2) is 0 Å². The molecule has 0 amide bonds. The SMILES string of the molecule is CC(C(=O)c1cc(C(C)(C)C)cc(C(C)(C)C)c1)P(=O)(O)O. The summed E-state index contributed by atoms with van der Waals surface area (Å²) in [4.78, 5) is 31.0. The van der Waals surface area contributed by atoms with Crippen molar-refractivity contribution in [2.45, 2.75) is 65.0 Å². The summed E-state index contributed by atoms with van der Waals surface area (Å²) in [6.45, 7) is 13.6. The number of rotatable bonds is 3. The molecule has 0 fully saturated rings. The maximum atomic E-state index is 12.5. The van der Waals surface area contributed by atoms with Crippen LogP contribution in [0.3, 0.4) is 0 Å². The van der Waals surface area contributed by atoms with Gasteiger partial charge in [-0.2, -0.15) is 0 Å². The first-order valence-corrected chi connectivity index (χ1v) is 9.07. The molecular formula is C17H27O4P. The predicted molar refractivity (Wildman–Crippen MR) is 89.7 cm³/mol. The van der Waals surface area contributed by atoms with Crippen LogP contribution in [0.4, 0.5) is 0 Å². The zero-order valence-electron chi connectivity index (χ0n) is 14.5. The number of carbonyl (C=O) groups excluding carboxylic acids is 1. The summed E-state index contributed by atoms with van der Waals surface area (Å²) in [6.07, 6.45) is 0. The Morgan fingerprint density at radius 3 is 1.59 bits per heavy atom. The highest BCUT2D eigenvalue weighted by atomic mass is 31.2. The molecule has 1 aromatic carbocycles. The summed E-state index contributed by atoms with van der Waals surface area (Å²) in [5.41, 5.74) is 0.717. The van der Waals surface area contributed by atoms with Gasteiger partial charge in [0.15, 0.2) is 5.78 Å². The van der Waals surface area contributed by atoms with Gasteiger partial charge in [-0.05, 0) is 41.0 Å². The van der Waals surface area contributed by atoms with E-state index in [4.69, 9.17) is 0 Å². The largest absolute Gasteiger partial charge is 0.336 e. The molecule has 0 aliphatic carbocycles. The molecular weight excluding hydrogens is 299 g/mol. The van der Waals surface area contributed by atoms with Crippen LogP contribution in [0.25, 0.3) is 0 Å². The van der Waals surface area contributed by atoms with Crippen molar-refractivity contribution in [2.75, 3.05) is 0 Å². The van der Waals surface area contributed by atoms with E-state index in [1.807, 2.05) is 0 Å². The third-order valence-electron chi connectivity index (χ3n) is 3.83. The molecule has 22 heavy (non-hydrogen) atoms. The summed E-state index contributed by atoms with van der Waals surface area (Å²) in [5, 5.41) is 0. The van der Waals surface area contributed by atoms with Crippen LogP contribution in [0, 0.1) is 0 Å². The summed E-state index contributed by atoms with van der Waals surface area (Å²) in [7, 11) is -4.44. The van der Waals surface area contributed by atoms with E-state index in [1.54, 1.807) is 12.1 Å². The quantitative estimate of drug-likeness (QED) is 0.649. The Morgan fingerprint density at radius 2 is 1.32 bits per heavy atom. The Hall–Kier alpha value is -0.960. The molecule has 0 aliphatic rings. The van der Waals surface area contributed by atoms with Crippen LogP contribution >= 0.6 is 7.60 Å². The molecule has 1 unspecified atom stereocenters. The predicted octanol–water partition coefficient (Wildman–Crippen LogP) is 4.03. The molecule has 0 aliphatic heterocycles. The zero-order chi connectivity index (χ0) is 17.5. The number of Topliss-reactive ketones (excluding diaryl/α,β-unsaturated/α-hetero) is 1. The van der Waals surface area contributed by atoms with Gasteiger partial charge in [0.1, 0.15) is 5.66 Å². The fourth-order valence-corrected chi connectivity index (χ4v) is 2.48. The third-order valence-corrected chi connectivity index (χ3v) is 5.08. The average Bonchev–Trinajstić information content (AvgIpc) is 2.33. The van der Waals surface area contributed by atoms with Gasteiger partial charge in [-0.15, -0.1) is 0 Å². The van der Waals surface area contributed by atoms with Gasteiger partial charge in [0, 0.05) is 5.56 Å². The number of hydrogen-bond acceptors (Lipinski definition) is 2. The second-order valence-electron chi connectivity index (χ2n) is 7.93. The highest BCUT2D eigenvalue weighted by Gasteiger charge is 2.33. The van der Waals surface area contributed by atoms with E-state index >= 15 is 0 Å². The lowest BCUT2D eigenvalue weighted by molar-refractivity contribution is 0.0983. The van der Waals surface area contributed by atoms with Crippen molar-refractivity contribution in [2.24, 2.45) is 0 Å². The summed E-state index contributed by atoms with van der Waals surface area (Å²) in [6, 6.07) is 5.58. The molecule has 124 valence electrons. The van der Waals surface area contributed by atoms with Gasteiger partial charge < -0.3 is 9.79 Å². The van der Waals surface area contributed by atoms with Gasteiger partial charge in [0.05, 0.1) is 0 Å². The van der Waals surface area contributed by atoms with E-state index in [-0.39, 0.29) is 10.8 Å². The van der Waals surface area contributed by atoms with Crippen molar-refractivity contribution < 1.29 is 19.1 Å². The van der Waals surface area contributed by atoms with Crippen molar-refractivity contribution in [3.63, 3.8) is 0 Å². The van der Waals surface area contributed by atoms with E-state index in [9.17, 15) is 19.1 Å². The van der Waals surface area contributed by atoms with Gasteiger partial charge >= 0.3 is 7.60 Å². The topological polar surface area (TPSA) is 74.6 Å². The van der Waals surface area contributed by atoms with E-state index in [1.165, 1.54) is 6.92 Å².